The Hall–Kier alpha value is -1.74. The normalized spacial score (nSPS) is 13.6. The lowest BCUT2D eigenvalue weighted by Gasteiger charge is -2.15. The lowest BCUT2D eigenvalue weighted by molar-refractivity contribution is -0.683. The molecule has 0 bridgehead atoms. The van der Waals surface area contributed by atoms with Crippen molar-refractivity contribution in [3.05, 3.63) is 18.6 Å². The molecule has 2 aromatic heterocycles. The van der Waals surface area contributed by atoms with Gasteiger partial charge in [-0.15, -0.1) is 0 Å². The predicted molar refractivity (Wildman–Crippen MR) is 88.1 cm³/mol. The van der Waals surface area contributed by atoms with E-state index in [2.05, 4.69) is 42.9 Å². The van der Waals surface area contributed by atoms with E-state index in [0.29, 0.717) is 6.54 Å². The maximum Gasteiger partial charge on any atom is 0.421 e. The largest absolute Gasteiger partial charge is 1.00 e. The van der Waals surface area contributed by atoms with Crippen LogP contribution in [0.15, 0.2) is 28.8 Å². The second-order valence-corrected chi connectivity index (χ2v) is 5.71. The molecule has 3 N–H and O–H groups in total. The van der Waals surface area contributed by atoms with E-state index in [9.17, 15) is 0 Å². The van der Waals surface area contributed by atoms with Crippen LogP contribution in [0.1, 0.15) is 26.2 Å². The molecule has 0 spiro atoms. The molecule has 3 rings (SSSR count). The second-order valence-electron chi connectivity index (χ2n) is 5.71. The number of imidazole rings is 1. The summed E-state index contributed by atoms with van der Waals surface area (Å²) in [6, 6.07) is 0. The van der Waals surface area contributed by atoms with E-state index < -0.39 is 0 Å². The number of hydrogen-bond acceptors (Lipinski definition) is 5. The molecule has 0 unspecified atom stereocenters. The van der Waals surface area contributed by atoms with Gasteiger partial charge in [0.05, 0.1) is 31.7 Å². The summed E-state index contributed by atoms with van der Waals surface area (Å²) in [5, 5.41) is 16.6. The van der Waals surface area contributed by atoms with Gasteiger partial charge in [0.1, 0.15) is 0 Å². The number of nitrogens with one attached hydrogen (secondary N) is 1. The average molecular weight is 397 g/mol. The van der Waals surface area contributed by atoms with Crippen molar-refractivity contribution in [2.24, 2.45) is 16.0 Å². The smallest absolute Gasteiger partial charge is 0.421 e. The summed E-state index contributed by atoms with van der Waals surface area (Å²) in [6.07, 6.45) is 8.94. The third kappa shape index (κ3) is 4.02. The van der Waals surface area contributed by atoms with Crippen LogP contribution >= 0.6 is 0 Å². The zero-order valence-electron chi connectivity index (χ0n) is 14.0. The van der Waals surface area contributed by atoms with Crippen LogP contribution in [0.4, 0.5) is 17.5 Å². The molecular formula is C15H25BrN8. The molecule has 0 amide bonds. The van der Waals surface area contributed by atoms with E-state index in [1.54, 1.807) is 6.20 Å². The van der Waals surface area contributed by atoms with E-state index in [0.717, 1.165) is 62.9 Å². The molecule has 2 aromatic rings. The highest BCUT2D eigenvalue weighted by molar-refractivity contribution is 5.60. The first kappa shape index (κ1) is 18.6. The molecule has 9 heteroatoms. The van der Waals surface area contributed by atoms with Crippen molar-refractivity contribution in [3.63, 3.8) is 0 Å². The van der Waals surface area contributed by atoms with Crippen LogP contribution in [-0.2, 0) is 19.6 Å². The fraction of sp³-hybridized carbons (Fsp3) is 0.600. The first-order valence-electron chi connectivity index (χ1n) is 8.33. The lowest BCUT2D eigenvalue weighted by atomic mass is 10.3. The molecule has 1 aliphatic rings. The van der Waals surface area contributed by atoms with E-state index in [4.69, 9.17) is 5.73 Å². The van der Waals surface area contributed by atoms with Crippen LogP contribution in [0.2, 0.25) is 0 Å². The van der Waals surface area contributed by atoms with Crippen molar-refractivity contribution >= 4 is 17.5 Å². The van der Waals surface area contributed by atoms with Crippen molar-refractivity contribution in [1.82, 2.24) is 14.3 Å². The predicted octanol–water partition coefficient (Wildman–Crippen LogP) is -1.03. The monoisotopic (exact) mass is 396 g/mol. The molecule has 0 aromatic carbocycles. The van der Waals surface area contributed by atoms with Gasteiger partial charge in [0.25, 0.3) is 0 Å². The molecule has 0 fully saturated rings. The molecule has 24 heavy (non-hydrogen) atoms. The summed E-state index contributed by atoms with van der Waals surface area (Å²) >= 11 is 0. The molecule has 0 saturated heterocycles. The van der Waals surface area contributed by atoms with Gasteiger partial charge in [-0.05, 0) is 25.8 Å². The molecule has 0 atom stereocenters. The van der Waals surface area contributed by atoms with Crippen molar-refractivity contribution in [2.45, 2.75) is 45.8 Å². The summed E-state index contributed by atoms with van der Waals surface area (Å²) in [5.41, 5.74) is 6.42. The number of azo groups is 1. The highest BCUT2D eigenvalue weighted by Gasteiger charge is 2.19. The minimum absolute atomic E-state index is 0. The number of aromatic nitrogens is 4. The number of nitrogens with zero attached hydrogens (tertiary/aromatic N) is 6. The molecule has 132 valence electrons. The van der Waals surface area contributed by atoms with Gasteiger partial charge in [-0.25, -0.2) is 13.8 Å². The van der Waals surface area contributed by atoms with Crippen molar-refractivity contribution < 1.29 is 21.5 Å². The number of halogens is 1. The molecule has 0 radical (unpaired) electrons. The molecule has 1 aliphatic heterocycles. The maximum atomic E-state index is 5.63. The third-order valence-corrected chi connectivity index (χ3v) is 3.91. The van der Waals surface area contributed by atoms with Crippen molar-refractivity contribution in [2.75, 3.05) is 18.4 Å². The van der Waals surface area contributed by atoms with Crippen molar-refractivity contribution in [1.29, 1.82) is 0 Å². The van der Waals surface area contributed by atoms with Crippen LogP contribution in [0.3, 0.4) is 0 Å². The zero-order valence-corrected chi connectivity index (χ0v) is 15.6. The van der Waals surface area contributed by atoms with Gasteiger partial charge in [-0.3, -0.25) is 0 Å². The average Bonchev–Trinajstić information content (AvgIpc) is 3.15. The molecule has 0 saturated carbocycles. The summed E-state index contributed by atoms with van der Waals surface area (Å²) in [5.74, 6) is 1.82. The fourth-order valence-corrected chi connectivity index (χ4v) is 2.76. The molecular weight excluding hydrogens is 372 g/mol. The van der Waals surface area contributed by atoms with Crippen molar-refractivity contribution in [3.8, 4) is 0 Å². The van der Waals surface area contributed by atoms with Crippen LogP contribution in [0.25, 0.3) is 0 Å². The van der Waals surface area contributed by atoms with Crippen LogP contribution < -0.4 is 32.6 Å². The lowest BCUT2D eigenvalue weighted by Crippen LogP contribution is -3.00. The van der Waals surface area contributed by atoms with Gasteiger partial charge in [-0.2, -0.15) is 5.10 Å². The Kier molecular flexibility index (Phi) is 6.92. The Morgan fingerprint density at radius 2 is 2.29 bits per heavy atom. The van der Waals surface area contributed by atoms with Gasteiger partial charge >= 0.3 is 5.95 Å². The Balaban J connectivity index is 0.00000208. The summed E-state index contributed by atoms with van der Waals surface area (Å²) in [4.78, 5) is 0. The van der Waals surface area contributed by atoms with Gasteiger partial charge in [0.15, 0.2) is 11.5 Å². The van der Waals surface area contributed by atoms with E-state index in [-0.39, 0.29) is 17.0 Å². The van der Waals surface area contributed by atoms with Gasteiger partial charge in [-0.1, -0.05) is 12.0 Å². The number of rotatable bonds is 7. The minimum Gasteiger partial charge on any atom is -1.00 e. The zero-order chi connectivity index (χ0) is 16.1. The van der Waals surface area contributed by atoms with E-state index in [1.165, 1.54) is 0 Å². The van der Waals surface area contributed by atoms with Gasteiger partial charge < -0.3 is 28.0 Å². The molecule has 3 heterocycles. The van der Waals surface area contributed by atoms with E-state index in [1.807, 2.05) is 10.9 Å². The van der Waals surface area contributed by atoms with Crippen LogP contribution in [0.5, 0.6) is 0 Å². The maximum absolute atomic E-state index is 5.63. The summed E-state index contributed by atoms with van der Waals surface area (Å²) in [6.45, 7) is 6.49. The minimum atomic E-state index is 0. The molecule has 8 nitrogen and oxygen atoms in total. The number of aryl methyl sites for hydroxylation is 3. The van der Waals surface area contributed by atoms with E-state index >= 15 is 0 Å². The highest BCUT2D eigenvalue weighted by atomic mass is 79.9. The second kappa shape index (κ2) is 8.93. The first-order valence-corrected chi connectivity index (χ1v) is 8.33. The Labute approximate surface area is 152 Å². The Morgan fingerprint density at radius 1 is 1.42 bits per heavy atom. The van der Waals surface area contributed by atoms with Crippen LogP contribution in [0, 0.1) is 0 Å². The number of anilines is 1. The highest BCUT2D eigenvalue weighted by Crippen LogP contribution is 2.28. The van der Waals surface area contributed by atoms with Gasteiger partial charge in [0.2, 0.25) is 0 Å². The Morgan fingerprint density at radius 3 is 3.08 bits per heavy atom. The SMILES string of the molecule is CCCn1cc[n+](CCCN)c1/N=N/c1cnn2c1NCCC2.[Br-]. The fourth-order valence-electron chi connectivity index (χ4n) is 2.76. The quantitative estimate of drug-likeness (QED) is 0.462. The van der Waals surface area contributed by atoms with Crippen LogP contribution in [-0.4, -0.2) is 27.4 Å². The summed E-state index contributed by atoms with van der Waals surface area (Å²) in [7, 11) is 0. The number of hydrogen-bond donors (Lipinski definition) is 2. The number of nitrogens with two attached hydrogens (primary N) is 1. The summed E-state index contributed by atoms with van der Waals surface area (Å²) < 4.78 is 6.18. The van der Waals surface area contributed by atoms with Gasteiger partial charge in [0, 0.05) is 18.2 Å². The Bertz CT molecular complexity index is 675. The topological polar surface area (TPSA) is 89.4 Å². The first-order chi connectivity index (χ1) is 11.3. The standard InChI is InChI=1S/C15H24N8.BrH/c1-2-7-21-10-11-22(8-3-5-16)15(21)20-19-13-12-18-23-9-4-6-17-14(13)23;/h10-12H,2-9,16H2,1H3;1H. The number of fused-ring (bicyclic) bond motifs is 1. The third-order valence-electron chi connectivity index (χ3n) is 3.91. The molecule has 0 aliphatic carbocycles.